The number of rotatable bonds is 5. The molecule has 2 rings (SSSR count). The highest BCUT2D eigenvalue weighted by Crippen LogP contribution is 2.22. The van der Waals surface area contributed by atoms with Crippen LogP contribution in [0.1, 0.15) is 26.7 Å². The molecule has 1 fully saturated rings. The number of hydrogen-bond donors (Lipinski definition) is 0. The van der Waals surface area contributed by atoms with Gasteiger partial charge in [-0.25, -0.2) is 8.42 Å². The Balaban J connectivity index is 2.11. The molecule has 0 unspecified atom stereocenters. The molecule has 1 aliphatic heterocycles. The first-order valence-electron chi connectivity index (χ1n) is 8.26. The average molecular weight is 354 g/mol. The Kier molecular flexibility index (Phi) is 6.23. The van der Waals surface area contributed by atoms with Crippen LogP contribution in [0.2, 0.25) is 0 Å². The zero-order valence-electron chi connectivity index (χ0n) is 14.6. The van der Waals surface area contributed by atoms with Crippen LogP contribution in [0, 0.1) is 5.92 Å². The van der Waals surface area contributed by atoms with E-state index >= 15 is 0 Å². The molecule has 1 aliphatic rings. The third kappa shape index (κ3) is 4.48. The molecule has 134 valence electrons. The minimum absolute atomic E-state index is 0.102. The smallest absolute Gasteiger partial charge is 0.243 e. The summed E-state index contributed by atoms with van der Waals surface area (Å²) in [5, 5.41) is 0. The van der Waals surface area contributed by atoms with Crippen molar-refractivity contribution in [3.05, 3.63) is 24.3 Å². The highest BCUT2D eigenvalue weighted by molar-refractivity contribution is 7.89. The van der Waals surface area contributed by atoms with E-state index in [1.807, 2.05) is 13.8 Å². The summed E-state index contributed by atoms with van der Waals surface area (Å²) >= 11 is 0. The molecule has 1 aromatic carbocycles. The topological polar surface area (TPSA) is 66.9 Å². The summed E-state index contributed by atoms with van der Waals surface area (Å²) in [4.78, 5) is 14.2. The van der Waals surface area contributed by atoms with Crippen LogP contribution in [-0.4, -0.2) is 56.8 Å². The van der Waals surface area contributed by atoms with E-state index in [2.05, 4.69) is 0 Å². The molecule has 0 aromatic heterocycles. The average Bonchev–Trinajstić information content (AvgIpc) is 2.81. The van der Waals surface area contributed by atoms with E-state index < -0.39 is 10.0 Å². The maximum absolute atomic E-state index is 12.8. The van der Waals surface area contributed by atoms with Crippen LogP contribution < -0.4 is 4.74 Å². The molecule has 0 spiro atoms. The molecule has 0 atom stereocenters. The van der Waals surface area contributed by atoms with Crippen LogP contribution in [0.5, 0.6) is 5.75 Å². The zero-order chi connectivity index (χ0) is 17.7. The van der Waals surface area contributed by atoms with Gasteiger partial charge < -0.3 is 9.64 Å². The van der Waals surface area contributed by atoms with Crippen molar-refractivity contribution in [3.8, 4) is 5.75 Å². The van der Waals surface area contributed by atoms with Gasteiger partial charge in [-0.05, 0) is 24.5 Å². The molecule has 0 aliphatic carbocycles. The zero-order valence-corrected chi connectivity index (χ0v) is 15.4. The van der Waals surface area contributed by atoms with Gasteiger partial charge in [-0.15, -0.1) is 0 Å². The number of benzene rings is 1. The summed E-state index contributed by atoms with van der Waals surface area (Å²) in [7, 11) is -2.06. The van der Waals surface area contributed by atoms with Crippen molar-refractivity contribution in [2.75, 3.05) is 33.3 Å². The number of hydrogen-bond acceptors (Lipinski definition) is 4. The Bertz CT molecular complexity index is 673. The summed E-state index contributed by atoms with van der Waals surface area (Å²) in [6.07, 6.45) is 1.15. The standard InChI is InChI=1S/C17H26N2O4S/c1-14(2)12-17(20)18-8-5-9-19(11-10-18)24(21,22)16-7-4-6-15(13-16)23-3/h4,6-7,13-14H,5,8-12H2,1-3H3. The molecule has 0 saturated carbocycles. The van der Waals surface area contributed by atoms with Crippen molar-refractivity contribution < 1.29 is 17.9 Å². The van der Waals surface area contributed by atoms with Gasteiger partial charge in [-0.2, -0.15) is 4.31 Å². The fourth-order valence-electron chi connectivity index (χ4n) is 2.77. The van der Waals surface area contributed by atoms with Gasteiger partial charge in [0.05, 0.1) is 12.0 Å². The second kappa shape index (κ2) is 7.98. The quantitative estimate of drug-likeness (QED) is 0.811. The first-order chi connectivity index (χ1) is 11.3. The number of sulfonamides is 1. The minimum Gasteiger partial charge on any atom is -0.497 e. The Morgan fingerprint density at radius 3 is 2.62 bits per heavy atom. The Labute approximate surface area is 144 Å². The predicted octanol–water partition coefficient (Wildman–Crippen LogP) is 1.96. The fraction of sp³-hybridized carbons (Fsp3) is 0.588. The van der Waals surface area contributed by atoms with Crippen molar-refractivity contribution in [2.45, 2.75) is 31.6 Å². The van der Waals surface area contributed by atoms with Crippen molar-refractivity contribution in [1.29, 1.82) is 0 Å². The molecular formula is C17H26N2O4S. The number of nitrogens with zero attached hydrogens (tertiary/aromatic N) is 2. The van der Waals surface area contributed by atoms with Gasteiger partial charge in [0.15, 0.2) is 0 Å². The van der Waals surface area contributed by atoms with E-state index in [0.29, 0.717) is 50.7 Å². The largest absolute Gasteiger partial charge is 0.497 e. The number of carbonyl (C=O) groups excluding carboxylic acids is 1. The van der Waals surface area contributed by atoms with Gasteiger partial charge in [0.2, 0.25) is 15.9 Å². The molecule has 7 heteroatoms. The third-order valence-corrected chi connectivity index (χ3v) is 5.96. The minimum atomic E-state index is -3.57. The number of amides is 1. The maximum atomic E-state index is 12.8. The predicted molar refractivity (Wildman–Crippen MR) is 92.4 cm³/mol. The lowest BCUT2D eigenvalue weighted by Crippen LogP contribution is -2.37. The van der Waals surface area contributed by atoms with Crippen molar-refractivity contribution >= 4 is 15.9 Å². The lowest BCUT2D eigenvalue weighted by molar-refractivity contribution is -0.131. The lowest BCUT2D eigenvalue weighted by atomic mass is 10.1. The monoisotopic (exact) mass is 354 g/mol. The lowest BCUT2D eigenvalue weighted by Gasteiger charge is -2.22. The van der Waals surface area contributed by atoms with E-state index in [1.54, 1.807) is 23.1 Å². The van der Waals surface area contributed by atoms with Crippen molar-refractivity contribution in [1.82, 2.24) is 9.21 Å². The molecule has 24 heavy (non-hydrogen) atoms. The van der Waals surface area contributed by atoms with Gasteiger partial charge >= 0.3 is 0 Å². The van der Waals surface area contributed by atoms with Gasteiger partial charge in [-0.3, -0.25) is 4.79 Å². The third-order valence-electron chi connectivity index (χ3n) is 4.07. The van der Waals surface area contributed by atoms with E-state index in [-0.39, 0.29) is 10.8 Å². The van der Waals surface area contributed by atoms with E-state index in [1.165, 1.54) is 17.5 Å². The molecule has 0 bridgehead atoms. The number of ether oxygens (including phenoxy) is 1. The van der Waals surface area contributed by atoms with E-state index in [9.17, 15) is 13.2 Å². The van der Waals surface area contributed by atoms with E-state index in [4.69, 9.17) is 4.74 Å². The molecule has 0 radical (unpaired) electrons. The summed E-state index contributed by atoms with van der Waals surface area (Å²) in [5.41, 5.74) is 0. The Morgan fingerprint density at radius 2 is 1.96 bits per heavy atom. The molecule has 0 N–H and O–H groups in total. The van der Waals surface area contributed by atoms with Gasteiger partial charge in [0, 0.05) is 38.7 Å². The first kappa shape index (κ1) is 18.7. The second-order valence-corrected chi connectivity index (χ2v) is 8.35. The van der Waals surface area contributed by atoms with Crippen LogP contribution >= 0.6 is 0 Å². The SMILES string of the molecule is COc1cccc(S(=O)(=O)N2CCCN(C(=O)CC(C)C)CC2)c1. The summed E-state index contributed by atoms with van der Waals surface area (Å²) in [6.45, 7) is 5.81. The Morgan fingerprint density at radius 1 is 1.21 bits per heavy atom. The molecular weight excluding hydrogens is 328 g/mol. The van der Waals surface area contributed by atoms with Gasteiger partial charge in [-0.1, -0.05) is 19.9 Å². The highest BCUT2D eigenvalue weighted by atomic mass is 32.2. The summed E-state index contributed by atoms with van der Waals surface area (Å²) in [5.74, 6) is 0.919. The highest BCUT2D eigenvalue weighted by Gasteiger charge is 2.28. The van der Waals surface area contributed by atoms with Crippen LogP contribution in [-0.2, 0) is 14.8 Å². The molecule has 1 amide bonds. The van der Waals surface area contributed by atoms with Crippen LogP contribution in [0.3, 0.4) is 0 Å². The van der Waals surface area contributed by atoms with E-state index in [0.717, 1.165) is 0 Å². The molecule has 1 heterocycles. The first-order valence-corrected chi connectivity index (χ1v) is 9.70. The van der Waals surface area contributed by atoms with Crippen molar-refractivity contribution in [3.63, 3.8) is 0 Å². The normalized spacial score (nSPS) is 16.9. The maximum Gasteiger partial charge on any atom is 0.243 e. The number of carbonyl (C=O) groups is 1. The Hall–Kier alpha value is -1.60. The van der Waals surface area contributed by atoms with Crippen LogP contribution in [0.4, 0.5) is 0 Å². The number of methoxy groups -OCH3 is 1. The molecule has 1 aromatic rings. The van der Waals surface area contributed by atoms with Crippen LogP contribution in [0.25, 0.3) is 0 Å². The second-order valence-electron chi connectivity index (χ2n) is 6.42. The molecule has 6 nitrogen and oxygen atoms in total. The van der Waals surface area contributed by atoms with Crippen LogP contribution in [0.15, 0.2) is 29.2 Å². The summed E-state index contributed by atoms with van der Waals surface area (Å²) in [6, 6.07) is 6.49. The van der Waals surface area contributed by atoms with Gasteiger partial charge in [0.1, 0.15) is 5.75 Å². The summed E-state index contributed by atoms with van der Waals surface area (Å²) < 4.78 is 32.2. The van der Waals surface area contributed by atoms with Gasteiger partial charge in [0.25, 0.3) is 0 Å². The fourth-order valence-corrected chi connectivity index (χ4v) is 4.28. The molecule has 1 saturated heterocycles. The van der Waals surface area contributed by atoms with Crippen molar-refractivity contribution in [2.24, 2.45) is 5.92 Å².